The number of aryl methyl sites for hydroxylation is 1. The van der Waals surface area contributed by atoms with Gasteiger partial charge in [-0.2, -0.15) is 0 Å². The van der Waals surface area contributed by atoms with Crippen molar-refractivity contribution in [3.8, 4) is 0 Å². The average molecular weight is 356 g/mol. The number of rotatable bonds is 6. The number of sulfonamides is 1. The molecule has 2 aromatic carbocycles. The molecule has 0 amide bonds. The van der Waals surface area contributed by atoms with Crippen molar-refractivity contribution in [2.24, 2.45) is 5.14 Å². The van der Waals surface area contributed by atoms with E-state index in [4.69, 9.17) is 5.14 Å². The maximum atomic E-state index is 11.3. The molecule has 0 aliphatic heterocycles. The summed E-state index contributed by atoms with van der Waals surface area (Å²) in [7, 11) is -3.65. The number of nitrogens with one attached hydrogen (secondary N) is 1. The molecule has 25 heavy (non-hydrogen) atoms. The van der Waals surface area contributed by atoms with Gasteiger partial charge in [0, 0.05) is 11.9 Å². The summed E-state index contributed by atoms with van der Waals surface area (Å²) in [6, 6.07) is 12.8. The molecule has 3 aromatic rings. The van der Waals surface area contributed by atoms with Gasteiger partial charge in [-0.05, 0) is 48.2 Å². The van der Waals surface area contributed by atoms with Gasteiger partial charge in [-0.3, -0.25) is 0 Å². The Kier molecular flexibility index (Phi) is 4.96. The molecule has 0 saturated heterocycles. The van der Waals surface area contributed by atoms with Crippen LogP contribution < -0.4 is 10.5 Å². The van der Waals surface area contributed by atoms with Gasteiger partial charge in [-0.15, -0.1) is 0 Å². The number of anilines is 1. The van der Waals surface area contributed by atoms with Crippen LogP contribution in [-0.4, -0.2) is 24.9 Å². The van der Waals surface area contributed by atoms with Crippen LogP contribution in [0.4, 0.5) is 5.82 Å². The van der Waals surface area contributed by atoms with Crippen LogP contribution in [0.1, 0.15) is 18.1 Å². The van der Waals surface area contributed by atoms with Gasteiger partial charge in [0.1, 0.15) is 12.1 Å². The first-order valence-electron chi connectivity index (χ1n) is 8.06. The van der Waals surface area contributed by atoms with Crippen molar-refractivity contribution in [1.82, 2.24) is 9.97 Å². The van der Waals surface area contributed by atoms with E-state index in [1.54, 1.807) is 18.5 Å². The van der Waals surface area contributed by atoms with Gasteiger partial charge in [0.2, 0.25) is 10.0 Å². The molecule has 1 aromatic heterocycles. The van der Waals surface area contributed by atoms with E-state index in [2.05, 4.69) is 34.3 Å². The highest BCUT2D eigenvalue weighted by Crippen LogP contribution is 2.21. The molecule has 0 saturated carbocycles. The summed E-state index contributed by atoms with van der Waals surface area (Å²) < 4.78 is 22.5. The Balaban J connectivity index is 1.71. The number of nitrogens with zero attached hydrogens (tertiary/aromatic N) is 2. The normalized spacial score (nSPS) is 11.6. The van der Waals surface area contributed by atoms with Crippen molar-refractivity contribution < 1.29 is 8.42 Å². The fourth-order valence-electron chi connectivity index (χ4n) is 2.64. The van der Waals surface area contributed by atoms with E-state index in [-0.39, 0.29) is 4.90 Å². The van der Waals surface area contributed by atoms with Gasteiger partial charge in [0.15, 0.2) is 0 Å². The molecule has 0 aliphatic rings. The van der Waals surface area contributed by atoms with Gasteiger partial charge in [-0.1, -0.05) is 25.1 Å². The largest absolute Gasteiger partial charge is 0.369 e. The molecule has 0 aliphatic carbocycles. The highest BCUT2D eigenvalue weighted by molar-refractivity contribution is 7.89. The summed E-state index contributed by atoms with van der Waals surface area (Å²) >= 11 is 0. The summed E-state index contributed by atoms with van der Waals surface area (Å²) in [4.78, 5) is 8.76. The summed E-state index contributed by atoms with van der Waals surface area (Å²) in [5.74, 6) is 0.807. The molecule has 7 heteroatoms. The third-order valence-corrected chi connectivity index (χ3v) is 5.00. The van der Waals surface area contributed by atoms with E-state index in [1.165, 1.54) is 17.7 Å². The van der Waals surface area contributed by atoms with Crippen LogP contribution in [0.15, 0.2) is 53.7 Å². The Morgan fingerprint density at radius 2 is 1.76 bits per heavy atom. The van der Waals surface area contributed by atoms with Crippen molar-refractivity contribution in [2.45, 2.75) is 24.7 Å². The molecule has 0 unspecified atom stereocenters. The fraction of sp³-hybridized carbons (Fsp3) is 0.222. The molecule has 130 valence electrons. The summed E-state index contributed by atoms with van der Waals surface area (Å²) in [6.45, 7) is 2.79. The Hall–Kier alpha value is -2.51. The molecule has 6 nitrogen and oxygen atoms in total. The minimum Gasteiger partial charge on any atom is -0.369 e. The number of nitrogens with two attached hydrogens (primary N) is 1. The van der Waals surface area contributed by atoms with Gasteiger partial charge in [-0.25, -0.2) is 23.5 Å². The number of primary sulfonamides is 1. The molecule has 0 radical (unpaired) electrons. The van der Waals surface area contributed by atoms with Crippen LogP contribution in [-0.2, 0) is 22.9 Å². The van der Waals surface area contributed by atoms with E-state index in [9.17, 15) is 8.42 Å². The molecule has 3 N–H and O–H groups in total. The zero-order valence-corrected chi connectivity index (χ0v) is 14.8. The number of fused-ring (bicyclic) bond motifs is 1. The molecule has 0 bridgehead atoms. The van der Waals surface area contributed by atoms with Crippen LogP contribution in [0.2, 0.25) is 0 Å². The minimum absolute atomic E-state index is 0.123. The second kappa shape index (κ2) is 7.16. The molecular formula is C18H20N4O2S. The molecule has 0 atom stereocenters. The third kappa shape index (κ3) is 4.12. The number of benzene rings is 2. The first-order valence-corrected chi connectivity index (χ1v) is 9.61. The second-order valence-corrected chi connectivity index (χ2v) is 7.35. The SMILES string of the molecule is CCc1ccc2ncnc(NCCc3ccc(S(N)(=O)=O)cc3)c2c1. The predicted octanol–water partition coefficient (Wildman–Crippen LogP) is 2.49. The quantitative estimate of drug-likeness (QED) is 0.707. The van der Waals surface area contributed by atoms with Crippen molar-refractivity contribution in [3.63, 3.8) is 0 Å². The number of aromatic nitrogens is 2. The summed E-state index contributed by atoms with van der Waals surface area (Å²) in [6.07, 6.45) is 3.25. The highest BCUT2D eigenvalue weighted by atomic mass is 32.2. The average Bonchev–Trinajstić information content (AvgIpc) is 2.61. The zero-order valence-electron chi connectivity index (χ0n) is 13.9. The van der Waals surface area contributed by atoms with E-state index in [1.807, 2.05) is 6.07 Å². The maximum Gasteiger partial charge on any atom is 0.238 e. The Bertz CT molecular complexity index is 986. The fourth-order valence-corrected chi connectivity index (χ4v) is 3.15. The van der Waals surface area contributed by atoms with Crippen molar-refractivity contribution in [1.29, 1.82) is 0 Å². The number of hydrogen-bond acceptors (Lipinski definition) is 5. The topological polar surface area (TPSA) is 98.0 Å². The third-order valence-electron chi connectivity index (χ3n) is 4.07. The monoisotopic (exact) mass is 356 g/mol. The first-order chi connectivity index (χ1) is 12.0. The zero-order chi connectivity index (χ0) is 17.9. The molecule has 0 fully saturated rings. The van der Waals surface area contributed by atoms with Gasteiger partial charge >= 0.3 is 0 Å². The van der Waals surface area contributed by atoms with Gasteiger partial charge < -0.3 is 5.32 Å². The maximum absolute atomic E-state index is 11.3. The molecular weight excluding hydrogens is 336 g/mol. The van der Waals surface area contributed by atoms with Gasteiger partial charge in [0.25, 0.3) is 0 Å². The van der Waals surface area contributed by atoms with Crippen LogP contribution in [0.3, 0.4) is 0 Å². The lowest BCUT2D eigenvalue weighted by Gasteiger charge is -2.09. The van der Waals surface area contributed by atoms with Crippen LogP contribution in [0.5, 0.6) is 0 Å². The summed E-state index contributed by atoms with van der Waals surface area (Å²) in [5, 5.41) is 9.45. The highest BCUT2D eigenvalue weighted by Gasteiger charge is 2.07. The summed E-state index contributed by atoms with van der Waals surface area (Å²) in [5.41, 5.74) is 3.17. The van der Waals surface area contributed by atoms with Crippen LogP contribution >= 0.6 is 0 Å². The Labute approximate surface area is 147 Å². The Morgan fingerprint density at radius 3 is 2.44 bits per heavy atom. The lowest BCUT2D eigenvalue weighted by atomic mass is 10.1. The smallest absolute Gasteiger partial charge is 0.238 e. The lowest BCUT2D eigenvalue weighted by molar-refractivity contribution is 0.598. The van der Waals surface area contributed by atoms with Crippen molar-refractivity contribution in [3.05, 3.63) is 59.9 Å². The van der Waals surface area contributed by atoms with E-state index < -0.39 is 10.0 Å². The molecule has 1 heterocycles. The van der Waals surface area contributed by atoms with E-state index >= 15 is 0 Å². The van der Waals surface area contributed by atoms with Gasteiger partial charge in [0.05, 0.1) is 10.4 Å². The first kappa shape index (κ1) is 17.3. The molecule has 0 spiro atoms. The number of hydrogen-bond donors (Lipinski definition) is 2. The van der Waals surface area contributed by atoms with Crippen LogP contribution in [0, 0.1) is 0 Å². The van der Waals surface area contributed by atoms with Crippen LogP contribution in [0.25, 0.3) is 10.9 Å². The second-order valence-electron chi connectivity index (χ2n) is 5.79. The minimum atomic E-state index is -3.65. The molecule has 3 rings (SSSR count). The van der Waals surface area contributed by atoms with E-state index in [0.717, 1.165) is 35.1 Å². The Morgan fingerprint density at radius 1 is 1.04 bits per heavy atom. The lowest BCUT2D eigenvalue weighted by Crippen LogP contribution is -2.12. The standard InChI is InChI=1S/C18H20N4O2S/c1-2-13-5-8-17-16(11-13)18(22-12-21-17)20-10-9-14-3-6-15(7-4-14)25(19,23)24/h3-8,11-12H,2,9-10H2,1H3,(H2,19,23,24)(H,20,21,22). The van der Waals surface area contributed by atoms with Crippen molar-refractivity contribution in [2.75, 3.05) is 11.9 Å². The van der Waals surface area contributed by atoms with E-state index in [0.29, 0.717) is 6.54 Å². The predicted molar refractivity (Wildman–Crippen MR) is 98.9 cm³/mol. The van der Waals surface area contributed by atoms with Crippen molar-refractivity contribution >= 4 is 26.7 Å².